The lowest BCUT2D eigenvalue weighted by Gasteiger charge is -2.06. The van der Waals surface area contributed by atoms with E-state index in [1.165, 1.54) is 17.7 Å². The molecule has 0 aliphatic heterocycles. The van der Waals surface area contributed by atoms with Crippen molar-refractivity contribution in [1.82, 2.24) is 24.7 Å². The van der Waals surface area contributed by atoms with Crippen molar-refractivity contribution in [3.05, 3.63) is 35.4 Å². The van der Waals surface area contributed by atoms with E-state index in [1.807, 2.05) is 4.57 Å². The second-order valence-electron chi connectivity index (χ2n) is 4.45. The van der Waals surface area contributed by atoms with E-state index in [2.05, 4.69) is 27.1 Å². The van der Waals surface area contributed by atoms with Crippen molar-refractivity contribution in [2.24, 2.45) is 0 Å². The van der Waals surface area contributed by atoms with Gasteiger partial charge in [-0.25, -0.2) is 9.97 Å². The van der Waals surface area contributed by atoms with Crippen LogP contribution in [-0.4, -0.2) is 24.7 Å². The average Bonchev–Trinajstić information content (AvgIpc) is 2.97. The quantitative estimate of drug-likeness (QED) is 0.791. The van der Waals surface area contributed by atoms with Crippen LogP contribution in [0.1, 0.15) is 29.2 Å². The summed E-state index contributed by atoms with van der Waals surface area (Å²) in [6.07, 6.45) is 7.76. The molecule has 0 unspecified atom stereocenters. The monoisotopic (exact) mass is 229 g/mol. The van der Waals surface area contributed by atoms with Gasteiger partial charge in [0.25, 0.3) is 0 Å². The van der Waals surface area contributed by atoms with E-state index in [-0.39, 0.29) is 0 Å². The van der Waals surface area contributed by atoms with Gasteiger partial charge in [-0.2, -0.15) is 0 Å². The van der Waals surface area contributed by atoms with Gasteiger partial charge in [0.15, 0.2) is 0 Å². The topological polar surface area (TPSA) is 56.5 Å². The minimum Gasteiger partial charge on any atom is -0.320 e. The van der Waals surface area contributed by atoms with E-state index >= 15 is 0 Å². The Hall–Kier alpha value is -1.78. The summed E-state index contributed by atoms with van der Waals surface area (Å²) in [5, 5.41) is 7.56. The summed E-state index contributed by atoms with van der Waals surface area (Å²) in [6, 6.07) is 0. The van der Waals surface area contributed by atoms with Gasteiger partial charge in [0.1, 0.15) is 18.5 Å². The van der Waals surface area contributed by atoms with Crippen molar-refractivity contribution in [2.45, 2.75) is 39.2 Å². The minimum absolute atomic E-state index is 0.839. The van der Waals surface area contributed by atoms with Crippen molar-refractivity contribution in [2.75, 3.05) is 0 Å². The van der Waals surface area contributed by atoms with Gasteiger partial charge in [0.05, 0.1) is 0 Å². The SMILES string of the molecule is Cc1nc(CCn2cnnc2)nc2c1CCC2. The summed E-state index contributed by atoms with van der Waals surface area (Å²) in [5.41, 5.74) is 3.79. The Labute approximate surface area is 99.9 Å². The summed E-state index contributed by atoms with van der Waals surface area (Å²) >= 11 is 0. The van der Waals surface area contributed by atoms with E-state index in [0.29, 0.717) is 0 Å². The minimum atomic E-state index is 0.839. The van der Waals surface area contributed by atoms with Gasteiger partial charge in [-0.3, -0.25) is 0 Å². The van der Waals surface area contributed by atoms with Gasteiger partial charge in [0, 0.05) is 24.4 Å². The lowest BCUT2D eigenvalue weighted by molar-refractivity contribution is 0.663. The van der Waals surface area contributed by atoms with Gasteiger partial charge in [-0.1, -0.05) is 0 Å². The van der Waals surface area contributed by atoms with E-state index in [1.54, 1.807) is 12.7 Å². The average molecular weight is 229 g/mol. The highest BCUT2D eigenvalue weighted by atomic mass is 15.2. The smallest absolute Gasteiger partial charge is 0.130 e. The fourth-order valence-corrected chi connectivity index (χ4v) is 2.36. The predicted molar refractivity (Wildman–Crippen MR) is 62.5 cm³/mol. The fraction of sp³-hybridized carbons (Fsp3) is 0.500. The first-order valence-corrected chi connectivity index (χ1v) is 6.00. The number of aryl methyl sites for hydroxylation is 4. The van der Waals surface area contributed by atoms with Gasteiger partial charge in [-0.05, 0) is 31.7 Å². The Morgan fingerprint density at radius 1 is 1.18 bits per heavy atom. The normalized spacial score (nSPS) is 13.9. The molecule has 0 atom stereocenters. The molecule has 0 fully saturated rings. The highest BCUT2D eigenvalue weighted by Gasteiger charge is 2.16. The zero-order chi connectivity index (χ0) is 11.7. The molecular weight excluding hydrogens is 214 g/mol. The number of nitrogens with zero attached hydrogens (tertiary/aromatic N) is 5. The molecule has 0 radical (unpaired) electrons. The maximum Gasteiger partial charge on any atom is 0.130 e. The van der Waals surface area contributed by atoms with Crippen LogP contribution in [0.4, 0.5) is 0 Å². The lowest BCUT2D eigenvalue weighted by Crippen LogP contribution is -2.07. The van der Waals surface area contributed by atoms with Crippen LogP contribution < -0.4 is 0 Å². The highest BCUT2D eigenvalue weighted by molar-refractivity contribution is 5.29. The first-order valence-electron chi connectivity index (χ1n) is 6.00. The van der Waals surface area contributed by atoms with Crippen LogP contribution in [0.3, 0.4) is 0 Å². The van der Waals surface area contributed by atoms with Crippen molar-refractivity contribution in [3.63, 3.8) is 0 Å². The van der Waals surface area contributed by atoms with E-state index < -0.39 is 0 Å². The van der Waals surface area contributed by atoms with Crippen molar-refractivity contribution in [1.29, 1.82) is 0 Å². The molecule has 0 saturated carbocycles. The van der Waals surface area contributed by atoms with Crippen molar-refractivity contribution >= 4 is 0 Å². The third-order valence-corrected chi connectivity index (χ3v) is 3.25. The van der Waals surface area contributed by atoms with Crippen LogP contribution in [-0.2, 0) is 25.8 Å². The molecule has 17 heavy (non-hydrogen) atoms. The molecule has 1 aliphatic carbocycles. The Morgan fingerprint density at radius 2 is 2.00 bits per heavy atom. The molecule has 2 aromatic heterocycles. The second kappa shape index (κ2) is 4.24. The van der Waals surface area contributed by atoms with Gasteiger partial charge < -0.3 is 4.57 Å². The first kappa shape index (κ1) is 10.4. The molecule has 5 heteroatoms. The molecule has 0 aromatic carbocycles. The Balaban J connectivity index is 1.78. The highest BCUT2D eigenvalue weighted by Crippen LogP contribution is 2.22. The van der Waals surface area contributed by atoms with Gasteiger partial charge in [0.2, 0.25) is 0 Å². The number of fused-ring (bicyclic) bond motifs is 1. The van der Waals surface area contributed by atoms with Crippen LogP contribution in [0, 0.1) is 6.92 Å². The van der Waals surface area contributed by atoms with Gasteiger partial charge in [-0.15, -0.1) is 10.2 Å². The summed E-state index contributed by atoms with van der Waals surface area (Å²) in [4.78, 5) is 9.23. The maximum absolute atomic E-state index is 4.65. The van der Waals surface area contributed by atoms with Crippen LogP contribution in [0.2, 0.25) is 0 Å². The Kier molecular flexibility index (Phi) is 2.59. The molecule has 0 bridgehead atoms. The second-order valence-corrected chi connectivity index (χ2v) is 4.45. The van der Waals surface area contributed by atoms with Crippen LogP contribution in [0.15, 0.2) is 12.7 Å². The zero-order valence-electron chi connectivity index (χ0n) is 9.93. The van der Waals surface area contributed by atoms with E-state index in [0.717, 1.165) is 37.3 Å². The first-order chi connectivity index (χ1) is 8.33. The third kappa shape index (κ3) is 2.05. The maximum atomic E-state index is 4.65. The lowest BCUT2D eigenvalue weighted by atomic mass is 10.2. The fourth-order valence-electron chi connectivity index (χ4n) is 2.36. The molecule has 1 aliphatic rings. The number of hydrogen-bond donors (Lipinski definition) is 0. The van der Waals surface area contributed by atoms with Crippen LogP contribution in [0.5, 0.6) is 0 Å². The summed E-state index contributed by atoms with van der Waals surface area (Å²) in [5.74, 6) is 0.942. The number of aromatic nitrogens is 5. The van der Waals surface area contributed by atoms with Crippen molar-refractivity contribution in [3.8, 4) is 0 Å². The molecule has 88 valence electrons. The summed E-state index contributed by atoms with van der Waals surface area (Å²) in [6.45, 7) is 2.93. The zero-order valence-corrected chi connectivity index (χ0v) is 9.93. The molecule has 5 nitrogen and oxygen atoms in total. The molecule has 3 rings (SSSR count). The van der Waals surface area contributed by atoms with Crippen LogP contribution >= 0.6 is 0 Å². The van der Waals surface area contributed by atoms with Gasteiger partial charge >= 0.3 is 0 Å². The largest absolute Gasteiger partial charge is 0.320 e. The van der Waals surface area contributed by atoms with E-state index in [4.69, 9.17) is 0 Å². The number of hydrogen-bond acceptors (Lipinski definition) is 4. The summed E-state index contributed by atoms with van der Waals surface area (Å²) in [7, 11) is 0. The standard InChI is InChI=1S/C12H15N5/c1-9-10-3-2-4-11(10)16-12(15-9)5-6-17-7-13-14-8-17/h7-8H,2-6H2,1H3. The Morgan fingerprint density at radius 3 is 2.82 bits per heavy atom. The molecule has 2 aromatic rings. The molecule has 0 amide bonds. The third-order valence-electron chi connectivity index (χ3n) is 3.25. The summed E-state index contributed by atoms with van der Waals surface area (Å²) < 4.78 is 1.95. The Bertz CT molecular complexity index is 518. The molecule has 0 spiro atoms. The van der Waals surface area contributed by atoms with E-state index in [9.17, 15) is 0 Å². The predicted octanol–water partition coefficient (Wildman–Crippen LogP) is 1.11. The van der Waals surface area contributed by atoms with Crippen LogP contribution in [0.25, 0.3) is 0 Å². The molecule has 2 heterocycles. The molecular formula is C12H15N5. The number of rotatable bonds is 3. The molecule has 0 saturated heterocycles. The van der Waals surface area contributed by atoms with Crippen molar-refractivity contribution < 1.29 is 0 Å². The molecule has 0 N–H and O–H groups in total.